The van der Waals surface area contributed by atoms with Gasteiger partial charge in [-0.1, -0.05) is 11.6 Å². The van der Waals surface area contributed by atoms with E-state index in [1.165, 1.54) is 24.7 Å². The molecule has 120 valence electrons. The lowest BCUT2D eigenvalue weighted by Gasteiger charge is -2.08. The van der Waals surface area contributed by atoms with Crippen LogP contribution in [0.1, 0.15) is 5.69 Å². The summed E-state index contributed by atoms with van der Waals surface area (Å²) in [6, 6.07) is 2.39. The second-order valence-electron chi connectivity index (χ2n) is 4.98. The summed E-state index contributed by atoms with van der Waals surface area (Å²) >= 11 is 5.65. The van der Waals surface area contributed by atoms with E-state index in [0.717, 1.165) is 12.3 Å². The second-order valence-corrected chi connectivity index (χ2v) is 7.32. The molecule has 0 saturated heterocycles. The number of benzene rings is 1. The van der Waals surface area contributed by atoms with E-state index in [4.69, 9.17) is 11.6 Å². The monoisotopic (exact) mass is 357 g/mol. The number of nitrogens with zero attached hydrogens (tertiary/aromatic N) is 3. The summed E-state index contributed by atoms with van der Waals surface area (Å²) in [5.41, 5.74) is 0.768. The summed E-state index contributed by atoms with van der Waals surface area (Å²) < 4.78 is 53.0. The lowest BCUT2D eigenvalue weighted by Crippen LogP contribution is -2.06. The van der Waals surface area contributed by atoms with Crippen molar-refractivity contribution in [2.45, 2.75) is 11.4 Å². The van der Waals surface area contributed by atoms with E-state index < -0.39 is 26.4 Å². The van der Waals surface area contributed by atoms with Gasteiger partial charge in [-0.3, -0.25) is 4.98 Å². The van der Waals surface area contributed by atoms with Crippen molar-refractivity contribution in [2.75, 3.05) is 6.26 Å². The van der Waals surface area contributed by atoms with Gasteiger partial charge in [-0.05, 0) is 12.1 Å². The molecule has 0 N–H and O–H groups in total. The fourth-order valence-corrected chi connectivity index (χ4v) is 3.26. The van der Waals surface area contributed by atoms with E-state index in [9.17, 15) is 17.2 Å². The Bertz CT molecular complexity index is 1000. The Morgan fingerprint density at radius 3 is 2.61 bits per heavy atom. The molecule has 3 rings (SSSR count). The van der Waals surface area contributed by atoms with Crippen LogP contribution in [0, 0.1) is 11.6 Å². The van der Waals surface area contributed by atoms with Crippen LogP contribution >= 0.6 is 11.6 Å². The van der Waals surface area contributed by atoms with E-state index in [1.807, 2.05) is 0 Å². The molecule has 0 radical (unpaired) electrons. The van der Waals surface area contributed by atoms with Crippen LogP contribution in [0.2, 0.25) is 5.15 Å². The number of hydrogen-bond donors (Lipinski definition) is 0. The van der Waals surface area contributed by atoms with Gasteiger partial charge in [0.15, 0.2) is 15.7 Å². The number of halogens is 3. The van der Waals surface area contributed by atoms with Gasteiger partial charge >= 0.3 is 0 Å². The maximum atomic E-state index is 14.4. The quantitative estimate of drug-likeness (QED) is 0.723. The number of sulfone groups is 1. The summed E-state index contributed by atoms with van der Waals surface area (Å²) in [6.45, 7) is 0.213. The van der Waals surface area contributed by atoms with Crippen LogP contribution in [0.3, 0.4) is 0 Å². The molecule has 0 spiro atoms. The van der Waals surface area contributed by atoms with Gasteiger partial charge in [0.05, 0.1) is 30.1 Å². The summed E-state index contributed by atoms with van der Waals surface area (Å²) in [5.74, 6) is -2.22. The third kappa shape index (κ3) is 2.91. The first-order valence-corrected chi connectivity index (χ1v) is 8.67. The SMILES string of the molecule is CS(=O)(=O)c1c(F)cc2c(ccn2Cc2cnc(Cl)cn2)c1F. The van der Waals surface area contributed by atoms with Crippen LogP contribution in [0.5, 0.6) is 0 Å². The van der Waals surface area contributed by atoms with Crippen LogP contribution in [0.25, 0.3) is 10.9 Å². The number of rotatable bonds is 3. The van der Waals surface area contributed by atoms with Crippen molar-refractivity contribution in [3.8, 4) is 0 Å². The number of aromatic nitrogens is 3. The second kappa shape index (κ2) is 5.54. The zero-order chi connectivity index (χ0) is 16.8. The zero-order valence-corrected chi connectivity index (χ0v) is 13.4. The van der Waals surface area contributed by atoms with Crippen molar-refractivity contribution >= 4 is 32.3 Å². The predicted molar refractivity (Wildman–Crippen MR) is 81.1 cm³/mol. The van der Waals surface area contributed by atoms with Crippen molar-refractivity contribution in [3.63, 3.8) is 0 Å². The van der Waals surface area contributed by atoms with Gasteiger partial charge in [-0.2, -0.15) is 0 Å². The molecule has 0 fully saturated rings. The molecule has 23 heavy (non-hydrogen) atoms. The van der Waals surface area contributed by atoms with Crippen molar-refractivity contribution in [2.24, 2.45) is 0 Å². The molecule has 3 aromatic rings. The van der Waals surface area contributed by atoms with Crippen LogP contribution in [0.4, 0.5) is 8.78 Å². The molecule has 2 aromatic heterocycles. The molecule has 0 aliphatic heterocycles. The first-order valence-electron chi connectivity index (χ1n) is 6.40. The van der Waals surface area contributed by atoms with Crippen molar-refractivity contribution in [1.82, 2.24) is 14.5 Å². The molecule has 0 bridgehead atoms. The Morgan fingerprint density at radius 1 is 1.26 bits per heavy atom. The van der Waals surface area contributed by atoms with Crippen LogP contribution in [0.15, 0.2) is 35.6 Å². The molecule has 0 atom stereocenters. The third-order valence-corrected chi connectivity index (χ3v) is 4.61. The fraction of sp³-hybridized carbons (Fsp3) is 0.143. The minimum atomic E-state index is -4.01. The zero-order valence-electron chi connectivity index (χ0n) is 11.8. The topological polar surface area (TPSA) is 64.8 Å². The summed E-state index contributed by atoms with van der Waals surface area (Å²) in [4.78, 5) is 7.02. The number of fused-ring (bicyclic) bond motifs is 1. The first-order chi connectivity index (χ1) is 10.8. The Labute approximate surface area is 135 Å². The highest BCUT2D eigenvalue weighted by atomic mass is 35.5. The summed E-state index contributed by atoms with van der Waals surface area (Å²) in [6.07, 6.45) is 5.10. The Balaban J connectivity index is 2.13. The van der Waals surface area contributed by atoms with Gasteiger partial charge in [0.2, 0.25) is 0 Å². The Hall–Kier alpha value is -2.06. The van der Waals surface area contributed by atoms with Gasteiger partial charge in [-0.15, -0.1) is 0 Å². The summed E-state index contributed by atoms with van der Waals surface area (Å²) in [5, 5.41) is 0.259. The van der Waals surface area contributed by atoms with Crippen LogP contribution in [-0.4, -0.2) is 29.2 Å². The molecule has 0 amide bonds. The highest BCUT2D eigenvalue weighted by Crippen LogP contribution is 2.28. The van der Waals surface area contributed by atoms with Crippen molar-refractivity contribution in [3.05, 3.63) is 53.2 Å². The molecule has 0 aliphatic rings. The molecule has 1 aromatic carbocycles. The van der Waals surface area contributed by atoms with E-state index in [0.29, 0.717) is 5.69 Å². The molecule has 0 unspecified atom stereocenters. The molecular weight excluding hydrogens is 348 g/mol. The molecule has 2 heterocycles. The number of hydrogen-bond acceptors (Lipinski definition) is 4. The molecule has 0 saturated carbocycles. The van der Waals surface area contributed by atoms with E-state index >= 15 is 0 Å². The highest BCUT2D eigenvalue weighted by Gasteiger charge is 2.23. The smallest absolute Gasteiger partial charge is 0.181 e. The minimum absolute atomic E-state index is 0.0220. The van der Waals surface area contributed by atoms with Crippen LogP contribution in [-0.2, 0) is 16.4 Å². The van der Waals surface area contributed by atoms with Gasteiger partial charge < -0.3 is 4.57 Å². The van der Waals surface area contributed by atoms with Gasteiger partial charge in [0, 0.05) is 17.8 Å². The molecule has 0 aliphatic carbocycles. The lowest BCUT2D eigenvalue weighted by atomic mass is 10.2. The van der Waals surface area contributed by atoms with Crippen molar-refractivity contribution < 1.29 is 17.2 Å². The normalized spacial score (nSPS) is 12.0. The largest absolute Gasteiger partial charge is 0.341 e. The fourth-order valence-electron chi connectivity index (χ4n) is 2.32. The molecule has 5 nitrogen and oxygen atoms in total. The van der Waals surface area contributed by atoms with Gasteiger partial charge in [0.25, 0.3) is 0 Å². The molecule has 9 heteroatoms. The average Bonchev–Trinajstić information content (AvgIpc) is 2.83. The minimum Gasteiger partial charge on any atom is -0.341 e. The van der Waals surface area contributed by atoms with E-state index in [2.05, 4.69) is 9.97 Å². The summed E-state index contributed by atoms with van der Waals surface area (Å²) in [7, 11) is -4.01. The highest BCUT2D eigenvalue weighted by molar-refractivity contribution is 7.90. The standard InChI is InChI=1S/C14H10ClF2N3O2S/c1-23(21,22)14-10(16)4-11-9(13(14)17)2-3-20(11)7-8-5-19-12(15)6-18-8/h2-6H,7H2,1H3. The first kappa shape index (κ1) is 15.8. The van der Waals surface area contributed by atoms with E-state index in [-0.39, 0.29) is 22.6 Å². The predicted octanol–water partition coefficient (Wildman–Crippen LogP) is 2.81. The Morgan fingerprint density at radius 2 is 2.00 bits per heavy atom. The van der Waals surface area contributed by atoms with Crippen molar-refractivity contribution in [1.29, 1.82) is 0 Å². The van der Waals surface area contributed by atoms with Gasteiger partial charge in [-0.25, -0.2) is 22.2 Å². The maximum Gasteiger partial charge on any atom is 0.181 e. The lowest BCUT2D eigenvalue weighted by molar-refractivity contribution is 0.528. The van der Waals surface area contributed by atoms with Gasteiger partial charge in [0.1, 0.15) is 15.9 Å². The third-order valence-electron chi connectivity index (χ3n) is 3.30. The average molecular weight is 358 g/mol. The maximum absolute atomic E-state index is 14.4. The van der Waals surface area contributed by atoms with Crippen LogP contribution < -0.4 is 0 Å². The molecular formula is C14H10ClF2N3O2S. The van der Waals surface area contributed by atoms with E-state index in [1.54, 1.807) is 4.57 Å². The Kier molecular flexibility index (Phi) is 3.81.